The minimum absolute atomic E-state index is 0.557. The van der Waals surface area contributed by atoms with Crippen molar-refractivity contribution in [1.82, 2.24) is 9.88 Å². The standard InChI is InChI=1S/C16H23N3O2/c20-16(21)19-10-6-13(7-11-19)12-14-4-3-5-15(17-14)18-8-1-2-9-18/h3-5,13H,1-2,6-12H2,(H,20,21). The molecule has 0 aromatic carbocycles. The van der Waals surface area contributed by atoms with Crippen LogP contribution in [0.4, 0.5) is 10.6 Å². The summed E-state index contributed by atoms with van der Waals surface area (Å²) in [5.74, 6) is 1.66. The summed E-state index contributed by atoms with van der Waals surface area (Å²) >= 11 is 0. The molecule has 5 heteroatoms. The van der Waals surface area contributed by atoms with Crippen molar-refractivity contribution in [2.45, 2.75) is 32.1 Å². The van der Waals surface area contributed by atoms with Gasteiger partial charge in [0.25, 0.3) is 0 Å². The zero-order chi connectivity index (χ0) is 14.7. The third-order valence-corrected chi connectivity index (χ3v) is 4.60. The van der Waals surface area contributed by atoms with Gasteiger partial charge in [0.2, 0.25) is 0 Å². The van der Waals surface area contributed by atoms with Crippen molar-refractivity contribution in [3.8, 4) is 0 Å². The molecule has 0 spiro atoms. The van der Waals surface area contributed by atoms with Crippen molar-refractivity contribution < 1.29 is 9.90 Å². The van der Waals surface area contributed by atoms with E-state index in [0.717, 1.165) is 43.9 Å². The first kappa shape index (κ1) is 14.2. The average molecular weight is 289 g/mol. The van der Waals surface area contributed by atoms with Crippen LogP contribution in [0.15, 0.2) is 18.2 Å². The van der Waals surface area contributed by atoms with Crippen LogP contribution in [0.3, 0.4) is 0 Å². The number of rotatable bonds is 3. The van der Waals surface area contributed by atoms with Crippen LogP contribution in [-0.4, -0.2) is 47.3 Å². The molecule has 114 valence electrons. The summed E-state index contributed by atoms with van der Waals surface area (Å²) in [4.78, 5) is 19.6. The Morgan fingerprint density at radius 2 is 1.90 bits per heavy atom. The van der Waals surface area contributed by atoms with E-state index in [1.54, 1.807) is 0 Å². The van der Waals surface area contributed by atoms with Crippen LogP contribution >= 0.6 is 0 Å². The lowest BCUT2D eigenvalue weighted by molar-refractivity contribution is 0.124. The van der Waals surface area contributed by atoms with E-state index < -0.39 is 6.09 Å². The molecule has 3 rings (SSSR count). The molecule has 0 aliphatic carbocycles. The fourth-order valence-corrected chi connectivity index (χ4v) is 3.33. The quantitative estimate of drug-likeness (QED) is 0.929. The summed E-state index contributed by atoms with van der Waals surface area (Å²) in [6.07, 6.45) is 4.60. The van der Waals surface area contributed by atoms with Crippen LogP contribution in [0.25, 0.3) is 0 Å². The monoisotopic (exact) mass is 289 g/mol. The van der Waals surface area contributed by atoms with Gasteiger partial charge in [0, 0.05) is 31.9 Å². The third-order valence-electron chi connectivity index (χ3n) is 4.60. The number of nitrogens with zero attached hydrogens (tertiary/aromatic N) is 3. The molecule has 1 N–H and O–H groups in total. The van der Waals surface area contributed by atoms with Gasteiger partial charge in [0.05, 0.1) is 0 Å². The average Bonchev–Trinajstić information content (AvgIpc) is 3.02. The van der Waals surface area contributed by atoms with Crippen LogP contribution < -0.4 is 4.90 Å². The molecule has 0 radical (unpaired) electrons. The largest absolute Gasteiger partial charge is 0.465 e. The van der Waals surface area contributed by atoms with Gasteiger partial charge in [-0.05, 0) is 50.2 Å². The first-order valence-corrected chi connectivity index (χ1v) is 7.91. The SMILES string of the molecule is O=C(O)N1CCC(Cc2cccc(N3CCCC3)n2)CC1. The van der Waals surface area contributed by atoms with Crippen LogP contribution in [0.5, 0.6) is 0 Å². The van der Waals surface area contributed by atoms with E-state index in [4.69, 9.17) is 10.1 Å². The highest BCUT2D eigenvalue weighted by Gasteiger charge is 2.23. The number of pyridine rings is 1. The van der Waals surface area contributed by atoms with Crippen LogP contribution in [-0.2, 0) is 6.42 Å². The minimum atomic E-state index is -0.789. The second kappa shape index (κ2) is 6.33. The molecule has 21 heavy (non-hydrogen) atoms. The minimum Gasteiger partial charge on any atom is -0.465 e. The van der Waals surface area contributed by atoms with Gasteiger partial charge in [-0.2, -0.15) is 0 Å². The highest BCUT2D eigenvalue weighted by atomic mass is 16.4. The van der Waals surface area contributed by atoms with Gasteiger partial charge in [-0.3, -0.25) is 0 Å². The highest BCUT2D eigenvalue weighted by molar-refractivity contribution is 5.64. The molecule has 2 aliphatic rings. The maximum Gasteiger partial charge on any atom is 0.407 e. The van der Waals surface area contributed by atoms with E-state index >= 15 is 0 Å². The van der Waals surface area contributed by atoms with E-state index in [2.05, 4.69) is 23.1 Å². The summed E-state index contributed by atoms with van der Waals surface area (Å²) in [5, 5.41) is 8.98. The van der Waals surface area contributed by atoms with Crippen molar-refractivity contribution in [2.75, 3.05) is 31.1 Å². The summed E-state index contributed by atoms with van der Waals surface area (Å²) in [6.45, 7) is 3.55. The Morgan fingerprint density at radius 1 is 1.19 bits per heavy atom. The van der Waals surface area contributed by atoms with Gasteiger partial charge < -0.3 is 14.9 Å². The molecule has 2 aliphatic heterocycles. The lowest BCUT2D eigenvalue weighted by Crippen LogP contribution is -2.37. The van der Waals surface area contributed by atoms with E-state index in [9.17, 15) is 4.79 Å². The number of carboxylic acid groups (broad SMARTS) is 1. The molecular formula is C16H23N3O2. The van der Waals surface area contributed by atoms with E-state index in [0.29, 0.717) is 19.0 Å². The fourth-order valence-electron chi connectivity index (χ4n) is 3.33. The Kier molecular flexibility index (Phi) is 4.27. The molecule has 0 bridgehead atoms. The molecule has 0 atom stereocenters. The van der Waals surface area contributed by atoms with Crippen LogP contribution in [0.1, 0.15) is 31.4 Å². The molecule has 1 amide bonds. The number of carbonyl (C=O) groups is 1. The Balaban J connectivity index is 1.58. The van der Waals surface area contributed by atoms with Gasteiger partial charge in [-0.15, -0.1) is 0 Å². The smallest absolute Gasteiger partial charge is 0.407 e. The van der Waals surface area contributed by atoms with Gasteiger partial charge in [-0.25, -0.2) is 9.78 Å². The van der Waals surface area contributed by atoms with Gasteiger partial charge in [0.15, 0.2) is 0 Å². The Bertz CT molecular complexity index is 492. The molecule has 1 aromatic heterocycles. The molecule has 5 nitrogen and oxygen atoms in total. The number of aromatic nitrogens is 1. The number of hydrogen-bond donors (Lipinski definition) is 1. The van der Waals surface area contributed by atoms with Crippen molar-refractivity contribution in [2.24, 2.45) is 5.92 Å². The number of amides is 1. The van der Waals surface area contributed by atoms with Crippen molar-refractivity contribution in [3.63, 3.8) is 0 Å². The third kappa shape index (κ3) is 3.46. The highest BCUT2D eigenvalue weighted by Crippen LogP contribution is 2.23. The Hall–Kier alpha value is -1.78. The normalized spacial score (nSPS) is 20.0. The molecular weight excluding hydrogens is 266 g/mol. The van der Waals surface area contributed by atoms with E-state index in [1.807, 2.05) is 0 Å². The number of piperidine rings is 1. The predicted octanol–water partition coefficient (Wildman–Crippen LogP) is 2.61. The summed E-state index contributed by atoms with van der Waals surface area (Å²) in [7, 11) is 0. The Morgan fingerprint density at radius 3 is 2.57 bits per heavy atom. The maximum absolute atomic E-state index is 10.9. The van der Waals surface area contributed by atoms with E-state index in [-0.39, 0.29) is 0 Å². The predicted molar refractivity (Wildman–Crippen MR) is 81.7 cm³/mol. The lowest BCUT2D eigenvalue weighted by atomic mass is 9.92. The second-order valence-electron chi connectivity index (χ2n) is 6.10. The topological polar surface area (TPSA) is 56.7 Å². The number of hydrogen-bond acceptors (Lipinski definition) is 3. The van der Waals surface area contributed by atoms with Gasteiger partial charge in [0.1, 0.15) is 5.82 Å². The summed E-state index contributed by atoms with van der Waals surface area (Å²) in [6, 6.07) is 6.30. The van der Waals surface area contributed by atoms with Gasteiger partial charge in [-0.1, -0.05) is 6.07 Å². The van der Waals surface area contributed by atoms with Crippen LogP contribution in [0.2, 0.25) is 0 Å². The van der Waals surface area contributed by atoms with E-state index in [1.165, 1.54) is 17.7 Å². The molecule has 3 heterocycles. The summed E-state index contributed by atoms with van der Waals surface area (Å²) < 4.78 is 0. The lowest BCUT2D eigenvalue weighted by Gasteiger charge is -2.30. The van der Waals surface area contributed by atoms with Crippen molar-refractivity contribution in [3.05, 3.63) is 23.9 Å². The zero-order valence-corrected chi connectivity index (χ0v) is 12.4. The molecule has 0 saturated carbocycles. The van der Waals surface area contributed by atoms with Crippen molar-refractivity contribution >= 4 is 11.9 Å². The second-order valence-corrected chi connectivity index (χ2v) is 6.10. The number of anilines is 1. The first-order valence-electron chi connectivity index (χ1n) is 7.91. The molecule has 2 fully saturated rings. The molecule has 0 unspecified atom stereocenters. The molecule has 2 saturated heterocycles. The molecule has 1 aromatic rings. The summed E-state index contributed by atoms with van der Waals surface area (Å²) in [5.41, 5.74) is 1.15. The van der Waals surface area contributed by atoms with Crippen LogP contribution in [0, 0.1) is 5.92 Å². The Labute approximate surface area is 125 Å². The first-order chi connectivity index (χ1) is 10.2. The van der Waals surface area contributed by atoms with Crippen molar-refractivity contribution in [1.29, 1.82) is 0 Å². The maximum atomic E-state index is 10.9. The number of likely N-dealkylation sites (tertiary alicyclic amines) is 1. The zero-order valence-electron chi connectivity index (χ0n) is 12.4. The van der Waals surface area contributed by atoms with Gasteiger partial charge >= 0.3 is 6.09 Å². The fraction of sp³-hybridized carbons (Fsp3) is 0.625.